The summed E-state index contributed by atoms with van der Waals surface area (Å²) >= 11 is 0.943. The molecule has 1 aromatic heterocycles. The van der Waals surface area contributed by atoms with Crippen molar-refractivity contribution in [1.29, 1.82) is 10.5 Å². The van der Waals surface area contributed by atoms with Crippen LogP contribution in [0.15, 0.2) is 47.3 Å². The van der Waals surface area contributed by atoms with Gasteiger partial charge in [-0.15, -0.1) is 11.3 Å². The molecule has 0 bridgehead atoms. The summed E-state index contributed by atoms with van der Waals surface area (Å²) in [5, 5.41) is 18.7. The number of nitriles is 2. The molecule has 0 saturated carbocycles. The second kappa shape index (κ2) is 8.73. The first-order valence-electron chi connectivity index (χ1n) is 8.75. The van der Waals surface area contributed by atoms with E-state index < -0.39 is 12.2 Å². The van der Waals surface area contributed by atoms with Gasteiger partial charge in [-0.1, -0.05) is 35.9 Å². The summed E-state index contributed by atoms with van der Waals surface area (Å²) in [5.41, 5.74) is 1.93. The number of para-hydroxylation sites is 1. The van der Waals surface area contributed by atoms with E-state index in [2.05, 4.69) is 4.74 Å². The number of halogens is 2. The molecule has 0 aliphatic carbocycles. The van der Waals surface area contributed by atoms with Crippen molar-refractivity contribution in [2.24, 2.45) is 0 Å². The number of alkyl halides is 2. The molecule has 0 fully saturated rings. The lowest BCUT2D eigenvalue weighted by Gasteiger charge is -2.07. The third-order valence-corrected chi connectivity index (χ3v) is 5.37. The topological polar surface area (TPSA) is 78.8 Å². The molecule has 0 saturated heterocycles. The van der Waals surface area contributed by atoms with Crippen LogP contribution in [-0.4, -0.2) is 11.2 Å². The van der Waals surface area contributed by atoms with Crippen LogP contribution in [-0.2, 0) is 0 Å². The van der Waals surface area contributed by atoms with E-state index in [0.717, 1.165) is 22.5 Å². The number of thiazole rings is 1. The second-order valence-corrected chi connectivity index (χ2v) is 7.39. The van der Waals surface area contributed by atoms with Crippen molar-refractivity contribution >= 4 is 23.0 Å². The van der Waals surface area contributed by atoms with Crippen molar-refractivity contribution in [3.8, 4) is 23.6 Å². The highest BCUT2D eigenvalue weighted by molar-refractivity contribution is 7.07. The SMILES string of the molecule is Cc1ccc(-n2c(=C(C#N)C#N)s/c(=C/c3ccccc3OC(F)F)c2=O)c(C)c1. The van der Waals surface area contributed by atoms with Crippen LogP contribution >= 0.6 is 11.3 Å². The number of hydrogen-bond acceptors (Lipinski definition) is 5. The van der Waals surface area contributed by atoms with Crippen LogP contribution in [0.1, 0.15) is 16.7 Å². The highest BCUT2D eigenvalue weighted by Crippen LogP contribution is 2.21. The minimum atomic E-state index is -3.01. The number of benzene rings is 2. The predicted octanol–water partition coefficient (Wildman–Crippen LogP) is 3.14. The molecule has 8 heteroatoms. The molecule has 5 nitrogen and oxygen atoms in total. The summed E-state index contributed by atoms with van der Waals surface area (Å²) in [7, 11) is 0. The highest BCUT2D eigenvalue weighted by atomic mass is 32.1. The first-order chi connectivity index (χ1) is 14.3. The molecule has 150 valence electrons. The Morgan fingerprint density at radius 3 is 2.50 bits per heavy atom. The largest absolute Gasteiger partial charge is 0.434 e. The van der Waals surface area contributed by atoms with Crippen molar-refractivity contribution < 1.29 is 13.5 Å². The van der Waals surface area contributed by atoms with E-state index in [0.29, 0.717) is 5.69 Å². The van der Waals surface area contributed by atoms with Crippen LogP contribution in [0.2, 0.25) is 0 Å². The summed E-state index contributed by atoms with van der Waals surface area (Å²) in [4.78, 5) is 13.2. The third kappa shape index (κ3) is 4.14. The standard InChI is InChI=1S/C22H15F2N3O2S/c1-13-7-8-17(14(2)9-13)27-20(28)19(30-21(27)16(11-25)12-26)10-15-5-3-4-6-18(15)29-22(23)24/h3-10,22H,1-2H3/b19-10+. The average Bonchev–Trinajstić information content (AvgIpc) is 3.00. The third-order valence-electron chi connectivity index (χ3n) is 4.28. The van der Waals surface area contributed by atoms with E-state index in [1.807, 2.05) is 38.1 Å². The van der Waals surface area contributed by atoms with Crippen molar-refractivity contribution in [2.75, 3.05) is 0 Å². The van der Waals surface area contributed by atoms with E-state index in [1.54, 1.807) is 18.2 Å². The molecular weight excluding hydrogens is 408 g/mol. The monoisotopic (exact) mass is 423 g/mol. The molecule has 1 heterocycles. The van der Waals surface area contributed by atoms with E-state index in [1.165, 1.54) is 22.8 Å². The van der Waals surface area contributed by atoms with E-state index in [-0.39, 0.29) is 26.1 Å². The van der Waals surface area contributed by atoms with Gasteiger partial charge < -0.3 is 4.74 Å². The molecule has 3 rings (SSSR count). The Morgan fingerprint density at radius 1 is 1.17 bits per heavy atom. The Bertz CT molecular complexity index is 1360. The molecule has 0 N–H and O–H groups in total. The Balaban J connectivity index is 2.38. The Hall–Kier alpha value is -3.75. The molecule has 30 heavy (non-hydrogen) atoms. The van der Waals surface area contributed by atoms with Gasteiger partial charge in [0.05, 0.1) is 10.2 Å². The fraction of sp³-hybridized carbons (Fsp3) is 0.136. The molecule has 0 radical (unpaired) electrons. The first-order valence-corrected chi connectivity index (χ1v) is 9.57. The van der Waals surface area contributed by atoms with Crippen molar-refractivity contribution in [3.63, 3.8) is 0 Å². The van der Waals surface area contributed by atoms with Gasteiger partial charge in [0.25, 0.3) is 5.56 Å². The van der Waals surface area contributed by atoms with Gasteiger partial charge in [-0.05, 0) is 37.6 Å². The van der Waals surface area contributed by atoms with Gasteiger partial charge in [0.15, 0.2) is 5.57 Å². The van der Waals surface area contributed by atoms with Crippen LogP contribution < -0.4 is 19.5 Å². The molecule has 0 spiro atoms. The molecule has 0 aliphatic rings. The molecule has 0 amide bonds. The molecule has 0 atom stereocenters. The van der Waals surface area contributed by atoms with Crippen molar-refractivity contribution in [2.45, 2.75) is 20.5 Å². The minimum Gasteiger partial charge on any atom is -0.434 e. The molecule has 0 unspecified atom stereocenters. The van der Waals surface area contributed by atoms with Crippen molar-refractivity contribution in [1.82, 2.24) is 4.57 Å². The van der Waals surface area contributed by atoms with Crippen LogP contribution in [0, 0.1) is 36.5 Å². The first kappa shape index (κ1) is 21.0. The van der Waals surface area contributed by atoms with Gasteiger partial charge in [-0.25, -0.2) is 0 Å². The van der Waals surface area contributed by atoms with E-state index in [9.17, 15) is 24.1 Å². The van der Waals surface area contributed by atoms with Gasteiger partial charge in [0, 0.05) is 5.56 Å². The molecular formula is C22H15F2N3O2S. The lowest BCUT2D eigenvalue weighted by atomic mass is 10.1. The fourth-order valence-electron chi connectivity index (χ4n) is 2.99. The van der Waals surface area contributed by atoms with E-state index in [4.69, 9.17) is 0 Å². The normalized spacial score (nSPS) is 11.2. The zero-order valence-electron chi connectivity index (χ0n) is 16.0. The molecule has 0 aliphatic heterocycles. The highest BCUT2D eigenvalue weighted by Gasteiger charge is 2.14. The van der Waals surface area contributed by atoms with Gasteiger partial charge in [0.1, 0.15) is 22.6 Å². The number of aromatic nitrogens is 1. The molecule has 2 aromatic carbocycles. The zero-order valence-corrected chi connectivity index (χ0v) is 16.8. The number of hydrogen-bond donors (Lipinski definition) is 0. The Kier molecular flexibility index (Phi) is 6.10. The number of ether oxygens (including phenoxy) is 1. The van der Waals surface area contributed by atoms with Crippen LogP contribution in [0.25, 0.3) is 17.3 Å². The van der Waals surface area contributed by atoms with Crippen LogP contribution in [0.4, 0.5) is 8.78 Å². The van der Waals surface area contributed by atoms with Gasteiger partial charge in [0.2, 0.25) is 0 Å². The quantitative estimate of drug-likeness (QED) is 0.646. The molecule has 3 aromatic rings. The van der Waals surface area contributed by atoms with Gasteiger partial charge in [-0.3, -0.25) is 9.36 Å². The summed E-state index contributed by atoms with van der Waals surface area (Å²) in [6.45, 7) is 0.724. The minimum absolute atomic E-state index is 0.0790. The number of rotatable bonds is 4. The van der Waals surface area contributed by atoms with Crippen molar-refractivity contribution in [3.05, 3.63) is 78.7 Å². The maximum absolute atomic E-state index is 13.2. The van der Waals surface area contributed by atoms with Crippen LogP contribution in [0.3, 0.4) is 0 Å². The summed E-state index contributed by atoms with van der Waals surface area (Å²) < 4.78 is 31.6. The van der Waals surface area contributed by atoms with Gasteiger partial charge in [-0.2, -0.15) is 19.3 Å². The fourth-order valence-corrected chi connectivity index (χ4v) is 4.03. The number of aryl methyl sites for hydroxylation is 2. The summed E-state index contributed by atoms with van der Waals surface area (Å²) in [6.07, 6.45) is 1.42. The lowest BCUT2D eigenvalue weighted by molar-refractivity contribution is -0.0499. The summed E-state index contributed by atoms with van der Waals surface area (Å²) in [6, 6.07) is 15.2. The van der Waals surface area contributed by atoms with E-state index >= 15 is 0 Å². The summed E-state index contributed by atoms with van der Waals surface area (Å²) in [5.74, 6) is -0.0790. The Morgan fingerprint density at radius 2 is 1.87 bits per heavy atom. The predicted molar refractivity (Wildman–Crippen MR) is 110 cm³/mol. The maximum atomic E-state index is 13.2. The smallest absolute Gasteiger partial charge is 0.387 e. The number of nitrogens with zero attached hydrogens (tertiary/aromatic N) is 3. The average molecular weight is 423 g/mol. The van der Waals surface area contributed by atoms with Crippen LogP contribution in [0.5, 0.6) is 5.75 Å². The maximum Gasteiger partial charge on any atom is 0.387 e. The lowest BCUT2D eigenvalue weighted by Crippen LogP contribution is -2.31. The second-order valence-electron chi connectivity index (χ2n) is 6.36. The zero-order chi connectivity index (χ0) is 21.8. The Labute approximate surface area is 174 Å². The van der Waals surface area contributed by atoms with Gasteiger partial charge >= 0.3 is 6.61 Å².